The fourth-order valence-corrected chi connectivity index (χ4v) is 6.44. The van der Waals surface area contributed by atoms with Crippen molar-refractivity contribution in [2.24, 2.45) is 5.41 Å². The van der Waals surface area contributed by atoms with E-state index in [-0.39, 0.29) is 5.41 Å². The lowest BCUT2D eigenvalue weighted by atomic mass is 9.81. The lowest BCUT2D eigenvalue weighted by molar-refractivity contribution is -0.160. The van der Waals surface area contributed by atoms with E-state index < -0.39 is 17.7 Å². The SMILES string of the molecule is Cc1cc(CN2CCc3cc(-c4c(C)nc(C)c(C(OC(C)(C)C)C(=O)O)c4N4CCC(C)(C)CC4)ccc3C2)n[nH]1. The summed E-state index contributed by atoms with van der Waals surface area (Å²) in [6.07, 6.45) is 1.92. The summed E-state index contributed by atoms with van der Waals surface area (Å²) in [5.41, 5.74) is 9.85. The number of rotatable bonds is 7. The van der Waals surface area contributed by atoms with Crippen LogP contribution in [0.4, 0.5) is 5.69 Å². The Morgan fingerprint density at radius 1 is 1.07 bits per heavy atom. The van der Waals surface area contributed by atoms with Crippen molar-refractivity contribution in [3.63, 3.8) is 0 Å². The molecule has 5 rings (SSSR count). The summed E-state index contributed by atoms with van der Waals surface area (Å²) in [5.74, 6) is -0.985. The highest BCUT2D eigenvalue weighted by atomic mass is 16.5. The number of anilines is 1. The quantitative estimate of drug-likeness (QED) is 0.332. The normalized spacial score (nSPS) is 18.1. The van der Waals surface area contributed by atoms with Crippen LogP contribution in [0.15, 0.2) is 24.3 Å². The van der Waals surface area contributed by atoms with Gasteiger partial charge in [0.15, 0.2) is 6.10 Å². The van der Waals surface area contributed by atoms with Crippen molar-refractivity contribution in [3.05, 3.63) is 63.7 Å². The Labute approximate surface area is 250 Å². The molecule has 0 radical (unpaired) electrons. The van der Waals surface area contributed by atoms with Crippen LogP contribution < -0.4 is 4.90 Å². The Morgan fingerprint density at radius 3 is 2.40 bits per heavy atom. The van der Waals surface area contributed by atoms with E-state index in [9.17, 15) is 9.90 Å². The molecule has 1 atom stereocenters. The van der Waals surface area contributed by atoms with E-state index in [2.05, 4.69) is 65.0 Å². The average molecular weight is 574 g/mol. The molecule has 4 heterocycles. The first-order valence-corrected chi connectivity index (χ1v) is 15.2. The van der Waals surface area contributed by atoms with Crippen LogP contribution in [0.5, 0.6) is 0 Å². The van der Waals surface area contributed by atoms with E-state index in [0.29, 0.717) is 5.56 Å². The molecular weight excluding hydrogens is 526 g/mol. The fourth-order valence-electron chi connectivity index (χ4n) is 6.44. The number of nitrogens with zero attached hydrogens (tertiary/aromatic N) is 4. The number of carbonyl (C=O) groups is 1. The van der Waals surface area contributed by atoms with Gasteiger partial charge in [-0.15, -0.1) is 0 Å². The number of ether oxygens (including phenoxy) is 1. The summed E-state index contributed by atoms with van der Waals surface area (Å²) in [7, 11) is 0. The molecule has 0 saturated carbocycles. The van der Waals surface area contributed by atoms with E-state index in [4.69, 9.17) is 9.72 Å². The van der Waals surface area contributed by atoms with Crippen molar-refractivity contribution in [2.75, 3.05) is 24.5 Å². The number of carboxylic acid groups (broad SMARTS) is 1. The molecule has 2 aliphatic heterocycles. The monoisotopic (exact) mass is 573 g/mol. The number of aromatic nitrogens is 3. The molecule has 1 saturated heterocycles. The predicted molar refractivity (Wildman–Crippen MR) is 167 cm³/mol. The molecular formula is C34H47N5O3. The number of pyridine rings is 1. The number of benzene rings is 1. The molecule has 0 bridgehead atoms. The van der Waals surface area contributed by atoms with Crippen molar-refractivity contribution in [2.45, 2.75) is 99.4 Å². The van der Waals surface area contributed by atoms with Crippen molar-refractivity contribution < 1.29 is 14.6 Å². The van der Waals surface area contributed by atoms with Gasteiger partial charge in [-0.25, -0.2) is 4.79 Å². The Bertz CT molecular complexity index is 1460. The number of aryl methyl sites for hydroxylation is 3. The zero-order valence-electron chi connectivity index (χ0n) is 26.6. The molecule has 0 amide bonds. The average Bonchev–Trinajstić information content (AvgIpc) is 3.30. The molecule has 226 valence electrons. The molecule has 1 fully saturated rings. The molecule has 2 N–H and O–H groups in total. The van der Waals surface area contributed by atoms with Gasteiger partial charge in [0.25, 0.3) is 0 Å². The standard InChI is InChI=1S/C34H47N5O3/c1-21-17-27(37-36-21)20-38-14-11-24-18-25(9-10-26(24)19-38)28-22(2)35-23(3)29(31(32(40)41)42-33(4,5)6)30(28)39-15-12-34(7,8)13-16-39/h9-10,17-18,31H,11-16,19-20H2,1-8H3,(H,36,37)(H,40,41). The van der Waals surface area contributed by atoms with Crippen LogP contribution in [0.2, 0.25) is 0 Å². The molecule has 3 aromatic rings. The van der Waals surface area contributed by atoms with Crippen LogP contribution >= 0.6 is 0 Å². The first-order chi connectivity index (χ1) is 19.7. The van der Waals surface area contributed by atoms with Gasteiger partial charge in [-0.3, -0.25) is 15.0 Å². The molecule has 1 aromatic carbocycles. The smallest absolute Gasteiger partial charge is 0.337 e. The summed E-state index contributed by atoms with van der Waals surface area (Å²) >= 11 is 0. The number of piperidine rings is 1. The van der Waals surface area contributed by atoms with Crippen LogP contribution in [-0.2, 0) is 29.0 Å². The first kappa shape index (κ1) is 30.2. The number of aromatic amines is 1. The summed E-state index contributed by atoms with van der Waals surface area (Å²) in [5, 5.41) is 17.9. The zero-order chi connectivity index (χ0) is 30.4. The predicted octanol–water partition coefficient (Wildman–Crippen LogP) is 6.52. The van der Waals surface area contributed by atoms with E-state index in [1.807, 2.05) is 34.6 Å². The highest BCUT2D eigenvalue weighted by Crippen LogP contribution is 2.45. The lowest BCUT2D eigenvalue weighted by Gasteiger charge is -2.41. The van der Waals surface area contributed by atoms with Gasteiger partial charge in [0.2, 0.25) is 0 Å². The summed E-state index contributed by atoms with van der Waals surface area (Å²) in [6.45, 7) is 20.8. The van der Waals surface area contributed by atoms with Gasteiger partial charge in [0, 0.05) is 60.9 Å². The Morgan fingerprint density at radius 2 is 1.79 bits per heavy atom. The van der Waals surface area contributed by atoms with Crippen LogP contribution in [-0.4, -0.2) is 56.4 Å². The number of aliphatic carboxylic acids is 1. The second-order valence-corrected chi connectivity index (χ2v) is 14.0. The van der Waals surface area contributed by atoms with Crippen molar-refractivity contribution in [3.8, 4) is 11.1 Å². The maximum Gasteiger partial charge on any atom is 0.337 e. The fraction of sp³-hybridized carbons (Fsp3) is 0.559. The zero-order valence-corrected chi connectivity index (χ0v) is 26.6. The summed E-state index contributed by atoms with van der Waals surface area (Å²) < 4.78 is 6.24. The molecule has 0 aliphatic carbocycles. The van der Waals surface area contributed by atoms with Gasteiger partial charge >= 0.3 is 5.97 Å². The molecule has 8 heteroatoms. The molecule has 2 aliphatic rings. The minimum atomic E-state index is -1.11. The van der Waals surface area contributed by atoms with Gasteiger partial charge < -0.3 is 14.7 Å². The van der Waals surface area contributed by atoms with Gasteiger partial charge in [-0.1, -0.05) is 32.0 Å². The van der Waals surface area contributed by atoms with E-state index in [1.165, 1.54) is 11.1 Å². The third kappa shape index (κ3) is 6.55. The third-order valence-electron chi connectivity index (χ3n) is 8.70. The second kappa shape index (κ2) is 11.5. The number of nitrogens with one attached hydrogen (secondary N) is 1. The van der Waals surface area contributed by atoms with Crippen molar-refractivity contribution >= 4 is 11.7 Å². The van der Waals surface area contributed by atoms with E-state index >= 15 is 0 Å². The van der Waals surface area contributed by atoms with Crippen LogP contribution in [0.3, 0.4) is 0 Å². The maximum atomic E-state index is 12.8. The highest BCUT2D eigenvalue weighted by Gasteiger charge is 2.36. The lowest BCUT2D eigenvalue weighted by Crippen LogP contribution is -2.39. The number of fused-ring (bicyclic) bond motifs is 1. The Kier molecular flexibility index (Phi) is 8.25. The number of hydrogen-bond donors (Lipinski definition) is 2. The Hall–Kier alpha value is -3.23. The van der Waals surface area contributed by atoms with E-state index in [0.717, 1.165) is 91.6 Å². The van der Waals surface area contributed by atoms with Crippen LogP contribution in [0.1, 0.15) is 93.0 Å². The van der Waals surface area contributed by atoms with Crippen molar-refractivity contribution in [1.29, 1.82) is 0 Å². The molecule has 1 unspecified atom stereocenters. The van der Waals surface area contributed by atoms with Gasteiger partial charge in [-0.2, -0.15) is 5.10 Å². The summed E-state index contributed by atoms with van der Waals surface area (Å²) in [6, 6.07) is 8.86. The largest absolute Gasteiger partial charge is 0.479 e. The Balaban J connectivity index is 1.58. The van der Waals surface area contributed by atoms with E-state index in [1.54, 1.807) is 0 Å². The molecule has 2 aromatic heterocycles. The van der Waals surface area contributed by atoms with Crippen LogP contribution in [0.25, 0.3) is 11.1 Å². The third-order valence-corrected chi connectivity index (χ3v) is 8.70. The van der Waals surface area contributed by atoms with Gasteiger partial charge in [0.05, 0.1) is 17.0 Å². The van der Waals surface area contributed by atoms with Gasteiger partial charge in [0.1, 0.15) is 0 Å². The molecule has 42 heavy (non-hydrogen) atoms. The first-order valence-electron chi connectivity index (χ1n) is 15.2. The minimum Gasteiger partial charge on any atom is -0.479 e. The minimum absolute atomic E-state index is 0.258. The molecule has 0 spiro atoms. The number of hydrogen-bond acceptors (Lipinski definition) is 6. The maximum absolute atomic E-state index is 12.8. The number of H-pyrrole nitrogens is 1. The number of carboxylic acids is 1. The molecule has 8 nitrogen and oxygen atoms in total. The second-order valence-electron chi connectivity index (χ2n) is 14.0. The van der Waals surface area contributed by atoms with Crippen molar-refractivity contribution in [1.82, 2.24) is 20.1 Å². The summed E-state index contributed by atoms with van der Waals surface area (Å²) in [4.78, 5) is 22.6. The van der Waals surface area contributed by atoms with Crippen LogP contribution in [0, 0.1) is 26.2 Å². The highest BCUT2D eigenvalue weighted by molar-refractivity contribution is 5.88. The van der Waals surface area contributed by atoms with Gasteiger partial charge in [-0.05, 0) is 89.0 Å². The topological polar surface area (TPSA) is 94.6 Å².